The number of rotatable bonds is 3. The summed E-state index contributed by atoms with van der Waals surface area (Å²) in [4.78, 5) is 11.5. The maximum absolute atomic E-state index is 11.5. The molecule has 1 aliphatic carbocycles. The van der Waals surface area contributed by atoms with Gasteiger partial charge in [-0.05, 0) is 30.4 Å². The first kappa shape index (κ1) is 9.45. The molecule has 0 atom stereocenters. The summed E-state index contributed by atoms with van der Waals surface area (Å²) in [7, 11) is 0. The van der Waals surface area contributed by atoms with Crippen LogP contribution in [0.25, 0.3) is 0 Å². The summed E-state index contributed by atoms with van der Waals surface area (Å²) in [6.07, 6.45) is 4.54. The molecule has 1 heteroatoms. The molecule has 0 spiro atoms. The second kappa shape index (κ2) is 3.95. The van der Waals surface area contributed by atoms with Gasteiger partial charge in [0.15, 0.2) is 5.78 Å². The number of carbonyl (C=O) groups excluding carboxylic acids is 1. The Morgan fingerprint density at radius 1 is 1.43 bits per heavy atom. The van der Waals surface area contributed by atoms with Crippen molar-refractivity contribution in [3.8, 4) is 0 Å². The molecule has 0 radical (unpaired) electrons. The number of Topliss-reactive ketones (excluding diaryl/α,β-unsaturated/α-hetero) is 1. The molecule has 0 aliphatic heterocycles. The van der Waals surface area contributed by atoms with Crippen molar-refractivity contribution >= 4 is 5.78 Å². The average Bonchev–Trinajstić information content (AvgIpc) is 2.14. The zero-order valence-corrected chi connectivity index (χ0v) is 8.62. The first-order valence-corrected chi connectivity index (χ1v) is 5.44. The standard InChI is InChI=1S/C13H16O/c1-2-13(14)12-8-4-7-11(9-12)10-5-3-6-10/h4,7-10H,2-3,5-6H2,1H3. The van der Waals surface area contributed by atoms with Gasteiger partial charge in [0.2, 0.25) is 0 Å². The zero-order valence-electron chi connectivity index (χ0n) is 8.62. The van der Waals surface area contributed by atoms with Crippen LogP contribution >= 0.6 is 0 Å². The van der Waals surface area contributed by atoms with Crippen LogP contribution in [0.15, 0.2) is 24.3 Å². The zero-order chi connectivity index (χ0) is 9.97. The van der Waals surface area contributed by atoms with E-state index in [2.05, 4.69) is 12.1 Å². The molecule has 14 heavy (non-hydrogen) atoms. The van der Waals surface area contributed by atoms with E-state index >= 15 is 0 Å². The molecule has 0 N–H and O–H groups in total. The summed E-state index contributed by atoms with van der Waals surface area (Å²) in [6, 6.07) is 8.16. The van der Waals surface area contributed by atoms with Gasteiger partial charge in [-0.25, -0.2) is 0 Å². The van der Waals surface area contributed by atoms with Crippen LogP contribution in [0.2, 0.25) is 0 Å². The van der Waals surface area contributed by atoms with Crippen LogP contribution in [0.3, 0.4) is 0 Å². The van der Waals surface area contributed by atoms with Crippen molar-refractivity contribution in [2.75, 3.05) is 0 Å². The lowest BCUT2D eigenvalue weighted by Crippen LogP contribution is -2.09. The Morgan fingerprint density at radius 3 is 2.79 bits per heavy atom. The number of carbonyl (C=O) groups is 1. The van der Waals surface area contributed by atoms with E-state index in [1.807, 2.05) is 19.1 Å². The third kappa shape index (κ3) is 1.72. The Balaban J connectivity index is 2.21. The molecule has 74 valence electrons. The minimum atomic E-state index is 0.256. The smallest absolute Gasteiger partial charge is 0.162 e. The summed E-state index contributed by atoms with van der Waals surface area (Å²) in [5.41, 5.74) is 2.24. The van der Waals surface area contributed by atoms with Crippen molar-refractivity contribution in [3.05, 3.63) is 35.4 Å². The Labute approximate surface area is 85.1 Å². The minimum Gasteiger partial charge on any atom is -0.294 e. The predicted molar refractivity (Wildman–Crippen MR) is 57.7 cm³/mol. The molecule has 2 rings (SSSR count). The van der Waals surface area contributed by atoms with Gasteiger partial charge in [-0.2, -0.15) is 0 Å². The molecule has 0 heterocycles. The van der Waals surface area contributed by atoms with E-state index in [0.29, 0.717) is 6.42 Å². The third-order valence-electron chi connectivity index (χ3n) is 3.11. The summed E-state index contributed by atoms with van der Waals surface area (Å²) in [6.45, 7) is 1.92. The monoisotopic (exact) mass is 188 g/mol. The molecule has 0 saturated heterocycles. The maximum atomic E-state index is 11.5. The third-order valence-corrected chi connectivity index (χ3v) is 3.11. The van der Waals surface area contributed by atoms with Crippen molar-refractivity contribution in [3.63, 3.8) is 0 Å². The largest absolute Gasteiger partial charge is 0.294 e. The molecule has 0 aromatic heterocycles. The van der Waals surface area contributed by atoms with E-state index in [1.54, 1.807) is 0 Å². The topological polar surface area (TPSA) is 17.1 Å². The molecule has 1 aromatic rings. The highest BCUT2D eigenvalue weighted by atomic mass is 16.1. The van der Waals surface area contributed by atoms with Crippen molar-refractivity contribution in [1.82, 2.24) is 0 Å². The van der Waals surface area contributed by atoms with Gasteiger partial charge in [-0.15, -0.1) is 0 Å². The summed E-state index contributed by atoms with van der Waals surface area (Å²) in [5.74, 6) is 0.978. The van der Waals surface area contributed by atoms with Gasteiger partial charge >= 0.3 is 0 Å². The molecule has 1 aliphatic rings. The SMILES string of the molecule is CCC(=O)c1cccc(C2CCC2)c1. The van der Waals surface area contributed by atoms with E-state index in [9.17, 15) is 4.79 Å². The van der Waals surface area contributed by atoms with Crippen LogP contribution in [-0.2, 0) is 0 Å². The van der Waals surface area contributed by atoms with Crippen molar-refractivity contribution < 1.29 is 4.79 Å². The second-order valence-corrected chi connectivity index (χ2v) is 4.03. The lowest BCUT2D eigenvalue weighted by atomic mass is 9.79. The molecule has 0 bridgehead atoms. The van der Waals surface area contributed by atoms with Crippen LogP contribution in [0.5, 0.6) is 0 Å². The first-order valence-electron chi connectivity index (χ1n) is 5.44. The van der Waals surface area contributed by atoms with Gasteiger partial charge in [0, 0.05) is 12.0 Å². The fraction of sp³-hybridized carbons (Fsp3) is 0.462. The molecular weight excluding hydrogens is 172 g/mol. The van der Waals surface area contributed by atoms with E-state index < -0.39 is 0 Å². The van der Waals surface area contributed by atoms with Crippen LogP contribution in [0.4, 0.5) is 0 Å². The van der Waals surface area contributed by atoms with E-state index in [1.165, 1.54) is 24.8 Å². The lowest BCUT2D eigenvalue weighted by molar-refractivity contribution is 0.0988. The first-order chi connectivity index (χ1) is 6.81. The van der Waals surface area contributed by atoms with E-state index in [-0.39, 0.29) is 5.78 Å². The Bertz CT molecular complexity index is 337. The van der Waals surface area contributed by atoms with Crippen LogP contribution in [0.1, 0.15) is 54.4 Å². The van der Waals surface area contributed by atoms with Crippen LogP contribution in [0, 0.1) is 0 Å². The predicted octanol–water partition coefficient (Wildman–Crippen LogP) is 3.55. The quantitative estimate of drug-likeness (QED) is 0.663. The Morgan fingerprint density at radius 2 is 2.21 bits per heavy atom. The normalized spacial score (nSPS) is 16.4. The van der Waals surface area contributed by atoms with Crippen molar-refractivity contribution in [2.24, 2.45) is 0 Å². The average molecular weight is 188 g/mol. The van der Waals surface area contributed by atoms with Crippen LogP contribution in [-0.4, -0.2) is 5.78 Å². The number of hydrogen-bond acceptors (Lipinski definition) is 1. The summed E-state index contributed by atoms with van der Waals surface area (Å²) in [5, 5.41) is 0. The highest BCUT2D eigenvalue weighted by Gasteiger charge is 2.19. The van der Waals surface area contributed by atoms with E-state index in [0.717, 1.165) is 11.5 Å². The number of benzene rings is 1. The minimum absolute atomic E-state index is 0.256. The fourth-order valence-electron chi connectivity index (χ4n) is 1.91. The maximum Gasteiger partial charge on any atom is 0.162 e. The fourth-order valence-corrected chi connectivity index (χ4v) is 1.91. The highest BCUT2D eigenvalue weighted by Crippen LogP contribution is 2.36. The van der Waals surface area contributed by atoms with E-state index in [4.69, 9.17) is 0 Å². The van der Waals surface area contributed by atoms with Gasteiger partial charge < -0.3 is 0 Å². The lowest BCUT2D eigenvalue weighted by Gasteiger charge is -2.26. The molecule has 1 saturated carbocycles. The molecular formula is C13H16O. The Kier molecular flexibility index (Phi) is 2.67. The van der Waals surface area contributed by atoms with Crippen molar-refractivity contribution in [2.45, 2.75) is 38.5 Å². The Hall–Kier alpha value is -1.11. The molecule has 1 nitrogen and oxygen atoms in total. The summed E-state index contributed by atoms with van der Waals surface area (Å²) < 4.78 is 0. The van der Waals surface area contributed by atoms with Crippen molar-refractivity contribution in [1.29, 1.82) is 0 Å². The van der Waals surface area contributed by atoms with Gasteiger partial charge in [0.05, 0.1) is 0 Å². The molecule has 0 amide bonds. The summed E-state index contributed by atoms with van der Waals surface area (Å²) >= 11 is 0. The highest BCUT2D eigenvalue weighted by molar-refractivity contribution is 5.95. The molecule has 1 fully saturated rings. The number of ketones is 1. The number of hydrogen-bond donors (Lipinski definition) is 0. The van der Waals surface area contributed by atoms with Gasteiger partial charge in [-0.3, -0.25) is 4.79 Å². The molecule has 0 unspecified atom stereocenters. The van der Waals surface area contributed by atoms with Crippen LogP contribution < -0.4 is 0 Å². The molecule has 1 aromatic carbocycles. The van der Waals surface area contributed by atoms with Gasteiger partial charge in [-0.1, -0.05) is 31.5 Å². The van der Waals surface area contributed by atoms with Gasteiger partial charge in [0.25, 0.3) is 0 Å². The second-order valence-electron chi connectivity index (χ2n) is 4.03. The van der Waals surface area contributed by atoms with Gasteiger partial charge in [0.1, 0.15) is 0 Å².